The molecule has 0 saturated heterocycles. The summed E-state index contributed by atoms with van der Waals surface area (Å²) < 4.78 is 27.5. The zero-order valence-corrected chi connectivity index (χ0v) is 9.91. The van der Waals surface area contributed by atoms with Crippen molar-refractivity contribution in [3.05, 3.63) is 17.1 Å². The van der Waals surface area contributed by atoms with Crippen LogP contribution in [-0.4, -0.2) is 31.3 Å². The summed E-state index contributed by atoms with van der Waals surface area (Å²) in [7, 11) is -2.39. The quantitative estimate of drug-likeness (QED) is 0.659. The Morgan fingerprint density at radius 3 is 2.38 bits per heavy atom. The Balaban J connectivity index is 2.79. The molecule has 1 aliphatic rings. The fraction of sp³-hybridized carbons (Fsp3) is 0.375. The molecule has 1 aliphatic heterocycles. The predicted molar refractivity (Wildman–Crippen MR) is 59.6 cm³/mol. The molecule has 0 radical (unpaired) electrons. The van der Waals surface area contributed by atoms with Gasteiger partial charge in [-0.25, -0.2) is 14.3 Å². The van der Waals surface area contributed by atoms with Crippen molar-refractivity contribution in [1.29, 1.82) is 0 Å². The van der Waals surface area contributed by atoms with Gasteiger partial charge in [-0.1, -0.05) is 0 Å². The highest BCUT2D eigenvalue weighted by Gasteiger charge is 2.30. The van der Waals surface area contributed by atoms with Crippen LogP contribution in [0.5, 0.6) is 0 Å². The van der Waals surface area contributed by atoms with Gasteiger partial charge in [-0.2, -0.15) is 8.42 Å². The van der Waals surface area contributed by atoms with Crippen molar-refractivity contribution in [3.8, 4) is 0 Å². The summed E-state index contributed by atoms with van der Waals surface area (Å²) in [6.07, 6.45) is 0. The Morgan fingerprint density at radius 2 is 1.75 bits per heavy atom. The van der Waals surface area contributed by atoms with Crippen LogP contribution in [0.3, 0.4) is 0 Å². The van der Waals surface area contributed by atoms with E-state index < -0.39 is 10.2 Å². The van der Waals surface area contributed by atoms with Gasteiger partial charge < -0.3 is 5.73 Å². The van der Waals surface area contributed by atoms with Gasteiger partial charge in [0.1, 0.15) is 5.69 Å². The summed E-state index contributed by atoms with van der Waals surface area (Å²) in [5, 5.41) is 0. The van der Waals surface area contributed by atoms with Crippen LogP contribution >= 0.6 is 0 Å². The van der Waals surface area contributed by atoms with E-state index in [1.807, 2.05) is 0 Å². The van der Waals surface area contributed by atoms with Gasteiger partial charge in [0, 0.05) is 7.05 Å². The van der Waals surface area contributed by atoms with Crippen molar-refractivity contribution in [3.63, 3.8) is 0 Å². The lowest BCUT2D eigenvalue weighted by atomic mass is 10.3. The molecule has 0 saturated carbocycles. The van der Waals surface area contributed by atoms with Crippen LogP contribution in [0.15, 0.2) is 4.40 Å². The first-order chi connectivity index (χ1) is 7.33. The molecule has 0 atom stereocenters. The monoisotopic (exact) mass is 241 g/mol. The van der Waals surface area contributed by atoms with Crippen molar-refractivity contribution in [1.82, 2.24) is 9.97 Å². The number of hydrogen-bond acceptors (Lipinski definition) is 5. The van der Waals surface area contributed by atoms with Crippen LogP contribution in [0, 0.1) is 13.8 Å². The topological polar surface area (TPSA) is 102 Å². The molecule has 0 aliphatic carbocycles. The lowest BCUT2D eigenvalue weighted by Crippen LogP contribution is -2.36. The number of amidine groups is 1. The normalized spacial score (nSPS) is 17.9. The van der Waals surface area contributed by atoms with Gasteiger partial charge >= 0.3 is 10.2 Å². The molecular formula is C8H11N5O2S. The van der Waals surface area contributed by atoms with Crippen molar-refractivity contribution < 1.29 is 8.42 Å². The van der Waals surface area contributed by atoms with Gasteiger partial charge in [0.15, 0.2) is 11.7 Å². The third-order valence-electron chi connectivity index (χ3n) is 2.39. The first kappa shape index (κ1) is 10.8. The summed E-state index contributed by atoms with van der Waals surface area (Å²) >= 11 is 0. The molecule has 8 heteroatoms. The third kappa shape index (κ3) is 1.42. The minimum absolute atomic E-state index is 0.122. The standard InChI is InChI=1S/C8H11N5O2S/c1-4-5(2)11-8-6(10-4)7(9)12-16(14,15)13(8)3/h1-3H3,(H2,9,12). The Bertz CT molecular complexity index is 593. The second-order valence-corrected chi connectivity index (χ2v) is 5.11. The SMILES string of the molecule is Cc1nc2c(nc1C)N(C)S(=O)(=O)N=C2N. The summed E-state index contributed by atoms with van der Waals surface area (Å²) in [4.78, 5) is 8.35. The molecular weight excluding hydrogens is 230 g/mol. The molecule has 0 spiro atoms. The van der Waals surface area contributed by atoms with Crippen LogP contribution in [0.4, 0.5) is 5.82 Å². The van der Waals surface area contributed by atoms with Crippen LogP contribution in [-0.2, 0) is 10.2 Å². The molecule has 1 aromatic heterocycles. The van der Waals surface area contributed by atoms with Crippen LogP contribution in [0.25, 0.3) is 0 Å². The molecule has 0 bridgehead atoms. The summed E-state index contributed by atoms with van der Waals surface area (Å²) in [5.74, 6) is 0.0966. The molecule has 7 nitrogen and oxygen atoms in total. The molecule has 86 valence electrons. The lowest BCUT2D eigenvalue weighted by molar-refractivity contribution is 0.595. The molecule has 0 unspecified atom stereocenters. The second kappa shape index (κ2) is 3.14. The Morgan fingerprint density at radius 1 is 1.19 bits per heavy atom. The highest BCUT2D eigenvalue weighted by molar-refractivity contribution is 7.91. The fourth-order valence-corrected chi connectivity index (χ4v) is 2.12. The van der Waals surface area contributed by atoms with E-state index in [0.29, 0.717) is 17.1 Å². The smallest absolute Gasteiger partial charge is 0.347 e. The van der Waals surface area contributed by atoms with E-state index in [2.05, 4.69) is 14.4 Å². The number of aryl methyl sites for hydroxylation is 2. The van der Waals surface area contributed by atoms with Gasteiger partial charge in [0.25, 0.3) is 0 Å². The summed E-state index contributed by atoms with van der Waals surface area (Å²) in [6.45, 7) is 3.53. The predicted octanol–water partition coefficient (Wildman–Crippen LogP) is -0.507. The molecule has 1 aromatic rings. The molecule has 0 aromatic carbocycles. The summed E-state index contributed by atoms with van der Waals surface area (Å²) in [6, 6.07) is 0. The maximum absolute atomic E-state index is 11.5. The van der Waals surface area contributed by atoms with Crippen molar-refractivity contribution in [2.24, 2.45) is 10.1 Å². The largest absolute Gasteiger partial charge is 0.381 e. The Labute approximate surface area is 93.2 Å². The van der Waals surface area contributed by atoms with Crippen molar-refractivity contribution >= 4 is 21.9 Å². The number of anilines is 1. The zero-order valence-electron chi connectivity index (χ0n) is 9.09. The molecule has 2 N–H and O–H groups in total. The van der Waals surface area contributed by atoms with Gasteiger partial charge in [-0.3, -0.25) is 0 Å². The van der Waals surface area contributed by atoms with Crippen LogP contribution in [0.2, 0.25) is 0 Å². The van der Waals surface area contributed by atoms with Crippen LogP contribution in [0.1, 0.15) is 17.1 Å². The number of aromatic nitrogens is 2. The maximum atomic E-state index is 11.5. The third-order valence-corrected chi connectivity index (χ3v) is 3.68. The van der Waals surface area contributed by atoms with E-state index in [0.717, 1.165) is 4.31 Å². The molecule has 0 fully saturated rings. The highest BCUT2D eigenvalue weighted by Crippen LogP contribution is 2.24. The zero-order chi connectivity index (χ0) is 12.1. The Kier molecular flexibility index (Phi) is 2.12. The minimum atomic E-state index is -3.76. The number of fused-ring (bicyclic) bond motifs is 1. The van der Waals surface area contributed by atoms with Crippen molar-refractivity contribution in [2.75, 3.05) is 11.4 Å². The van der Waals surface area contributed by atoms with Gasteiger partial charge in [-0.15, -0.1) is 4.40 Å². The molecule has 2 heterocycles. The molecule has 16 heavy (non-hydrogen) atoms. The molecule has 2 rings (SSSR count). The number of nitrogens with zero attached hydrogens (tertiary/aromatic N) is 4. The van der Waals surface area contributed by atoms with Gasteiger partial charge in [0.2, 0.25) is 0 Å². The lowest BCUT2D eigenvalue weighted by Gasteiger charge is -2.22. The Hall–Kier alpha value is -1.70. The number of hydrogen-bond donors (Lipinski definition) is 1. The van der Waals surface area contributed by atoms with E-state index in [4.69, 9.17) is 5.73 Å². The fourth-order valence-electron chi connectivity index (χ4n) is 1.32. The molecule has 0 amide bonds. The average molecular weight is 241 g/mol. The summed E-state index contributed by atoms with van der Waals surface area (Å²) in [5.41, 5.74) is 7.21. The number of rotatable bonds is 0. The first-order valence-corrected chi connectivity index (χ1v) is 5.92. The van der Waals surface area contributed by atoms with Gasteiger partial charge in [0.05, 0.1) is 11.4 Å². The maximum Gasteiger partial charge on any atom is 0.347 e. The van der Waals surface area contributed by atoms with Gasteiger partial charge in [-0.05, 0) is 13.8 Å². The highest BCUT2D eigenvalue weighted by atomic mass is 32.2. The minimum Gasteiger partial charge on any atom is -0.381 e. The van der Waals surface area contributed by atoms with Crippen LogP contribution < -0.4 is 10.0 Å². The van der Waals surface area contributed by atoms with E-state index in [-0.39, 0.29) is 11.7 Å². The second-order valence-electron chi connectivity index (χ2n) is 3.49. The van der Waals surface area contributed by atoms with E-state index in [9.17, 15) is 8.42 Å². The van der Waals surface area contributed by atoms with E-state index >= 15 is 0 Å². The van der Waals surface area contributed by atoms with Crippen molar-refractivity contribution in [2.45, 2.75) is 13.8 Å². The average Bonchev–Trinajstić information content (AvgIpc) is 2.17. The number of nitrogens with two attached hydrogens (primary N) is 1. The van der Waals surface area contributed by atoms with E-state index in [1.165, 1.54) is 7.05 Å². The first-order valence-electron chi connectivity index (χ1n) is 4.53. The van der Waals surface area contributed by atoms with E-state index in [1.54, 1.807) is 13.8 Å².